The van der Waals surface area contributed by atoms with Crippen LogP contribution in [0.3, 0.4) is 0 Å². The lowest BCUT2D eigenvalue weighted by Crippen LogP contribution is -2.23. The lowest BCUT2D eigenvalue weighted by Gasteiger charge is -2.28. The summed E-state index contributed by atoms with van der Waals surface area (Å²) in [4.78, 5) is 0. The highest BCUT2D eigenvalue weighted by Gasteiger charge is 2.44. The normalized spacial score (nSPS) is 42.6. The Bertz CT molecular complexity index is 205. The van der Waals surface area contributed by atoms with E-state index >= 15 is 0 Å². The molecule has 1 saturated carbocycles. The molecule has 0 aromatic rings. The van der Waals surface area contributed by atoms with Crippen molar-refractivity contribution in [2.75, 3.05) is 6.61 Å². The van der Waals surface area contributed by atoms with Crippen molar-refractivity contribution < 1.29 is 14.6 Å². The van der Waals surface area contributed by atoms with E-state index in [1.165, 1.54) is 25.7 Å². The molecule has 1 N–H and O–H groups in total. The smallest absolute Gasteiger partial charge is 0.187 e. The average Bonchev–Trinajstić information content (AvgIpc) is 2.96. The minimum absolute atomic E-state index is 0.0797. The van der Waals surface area contributed by atoms with Gasteiger partial charge in [0.05, 0.1) is 12.7 Å². The van der Waals surface area contributed by atoms with Crippen LogP contribution in [-0.4, -0.2) is 30.2 Å². The van der Waals surface area contributed by atoms with Gasteiger partial charge in [0.15, 0.2) is 6.29 Å². The Hall–Kier alpha value is -0.120. The van der Waals surface area contributed by atoms with Crippen molar-refractivity contribution in [3.63, 3.8) is 0 Å². The van der Waals surface area contributed by atoms with Crippen LogP contribution in [-0.2, 0) is 9.47 Å². The van der Waals surface area contributed by atoms with Crippen LogP contribution < -0.4 is 0 Å². The van der Waals surface area contributed by atoms with Gasteiger partial charge in [-0.2, -0.15) is 0 Å². The molecule has 2 rings (SSSR count). The molecular formula is C12H22O3. The molecule has 1 aliphatic heterocycles. The van der Waals surface area contributed by atoms with Crippen LogP contribution in [0.5, 0.6) is 0 Å². The molecule has 0 aromatic heterocycles. The van der Waals surface area contributed by atoms with Crippen molar-refractivity contribution in [3.8, 4) is 0 Å². The summed E-state index contributed by atoms with van der Waals surface area (Å²) in [5, 5.41) is 9.25. The largest absolute Gasteiger partial charge is 0.391 e. The molecule has 0 radical (unpaired) electrons. The van der Waals surface area contributed by atoms with Crippen LogP contribution in [0.25, 0.3) is 0 Å². The van der Waals surface area contributed by atoms with Gasteiger partial charge in [-0.15, -0.1) is 0 Å². The predicted molar refractivity (Wildman–Crippen MR) is 57.4 cm³/mol. The second-order valence-corrected chi connectivity index (χ2v) is 5.06. The molecule has 5 atom stereocenters. The highest BCUT2D eigenvalue weighted by Crippen LogP contribution is 2.32. The third-order valence-corrected chi connectivity index (χ3v) is 3.72. The number of hydrogen-bond acceptors (Lipinski definition) is 3. The summed E-state index contributed by atoms with van der Waals surface area (Å²) in [5.41, 5.74) is 0. The van der Waals surface area contributed by atoms with Crippen LogP contribution in [0.1, 0.15) is 39.5 Å². The van der Waals surface area contributed by atoms with Gasteiger partial charge in [0, 0.05) is 0 Å². The van der Waals surface area contributed by atoms with Crippen LogP contribution in [0, 0.1) is 11.8 Å². The first-order chi connectivity index (χ1) is 7.18. The van der Waals surface area contributed by atoms with E-state index in [1.807, 2.05) is 0 Å². The van der Waals surface area contributed by atoms with Crippen LogP contribution in [0.4, 0.5) is 0 Å². The number of hydrogen-bond donors (Lipinski definition) is 1. The van der Waals surface area contributed by atoms with E-state index in [0.717, 1.165) is 12.5 Å². The maximum Gasteiger partial charge on any atom is 0.187 e. The highest BCUT2D eigenvalue weighted by molar-refractivity contribution is 4.82. The van der Waals surface area contributed by atoms with Gasteiger partial charge >= 0.3 is 0 Å². The maximum absolute atomic E-state index is 9.25. The summed E-state index contributed by atoms with van der Waals surface area (Å²) < 4.78 is 10.9. The van der Waals surface area contributed by atoms with Gasteiger partial charge < -0.3 is 14.6 Å². The fourth-order valence-electron chi connectivity index (χ4n) is 2.44. The Labute approximate surface area is 91.8 Å². The molecule has 88 valence electrons. The Morgan fingerprint density at radius 3 is 2.73 bits per heavy atom. The average molecular weight is 214 g/mol. The summed E-state index contributed by atoms with van der Waals surface area (Å²) in [6.45, 7) is 4.86. The number of aliphatic hydroxyl groups excluding tert-OH is 1. The molecule has 0 aromatic carbocycles. The zero-order valence-corrected chi connectivity index (χ0v) is 9.69. The minimum Gasteiger partial charge on any atom is -0.391 e. The number of aliphatic hydroxyl groups is 1. The zero-order chi connectivity index (χ0) is 10.8. The van der Waals surface area contributed by atoms with Gasteiger partial charge in [-0.05, 0) is 25.2 Å². The first-order valence-electron chi connectivity index (χ1n) is 6.13. The van der Waals surface area contributed by atoms with Crippen molar-refractivity contribution in [1.82, 2.24) is 0 Å². The van der Waals surface area contributed by atoms with E-state index < -0.39 is 6.10 Å². The van der Waals surface area contributed by atoms with Crippen molar-refractivity contribution in [2.45, 2.75) is 58.0 Å². The SMILES string of the molecule is CC1CCCCC1COC1OC1[C@H](C)O. The molecule has 1 heterocycles. The van der Waals surface area contributed by atoms with Gasteiger partial charge in [-0.25, -0.2) is 0 Å². The third-order valence-electron chi connectivity index (χ3n) is 3.72. The van der Waals surface area contributed by atoms with Gasteiger partial charge in [-0.3, -0.25) is 0 Å². The maximum atomic E-state index is 9.25. The Balaban J connectivity index is 1.65. The molecule has 0 bridgehead atoms. The second-order valence-electron chi connectivity index (χ2n) is 5.06. The number of rotatable bonds is 4. The molecule has 0 spiro atoms. The van der Waals surface area contributed by atoms with E-state index in [9.17, 15) is 5.11 Å². The summed E-state index contributed by atoms with van der Waals surface area (Å²) in [6, 6.07) is 0. The van der Waals surface area contributed by atoms with E-state index in [1.54, 1.807) is 6.92 Å². The standard InChI is InChI=1S/C12H22O3/c1-8-5-3-4-6-10(8)7-14-12-11(15-12)9(2)13/h8-13H,3-7H2,1-2H3/t8?,9-,10?,11?,12?/m0/s1. The van der Waals surface area contributed by atoms with Crippen molar-refractivity contribution in [1.29, 1.82) is 0 Å². The van der Waals surface area contributed by atoms with Gasteiger partial charge in [0.2, 0.25) is 0 Å². The van der Waals surface area contributed by atoms with Crippen LogP contribution in [0.15, 0.2) is 0 Å². The molecule has 4 unspecified atom stereocenters. The third kappa shape index (κ3) is 2.92. The summed E-state index contributed by atoms with van der Waals surface area (Å²) in [7, 11) is 0. The van der Waals surface area contributed by atoms with E-state index in [-0.39, 0.29) is 12.4 Å². The van der Waals surface area contributed by atoms with Gasteiger partial charge in [0.25, 0.3) is 0 Å². The first-order valence-corrected chi connectivity index (χ1v) is 6.13. The zero-order valence-electron chi connectivity index (χ0n) is 9.69. The van der Waals surface area contributed by atoms with Crippen molar-refractivity contribution in [3.05, 3.63) is 0 Å². The molecule has 3 nitrogen and oxygen atoms in total. The summed E-state index contributed by atoms with van der Waals surface area (Å²) in [5.74, 6) is 1.47. The van der Waals surface area contributed by atoms with Crippen molar-refractivity contribution in [2.24, 2.45) is 11.8 Å². The molecule has 0 amide bonds. The Kier molecular flexibility index (Phi) is 3.65. The Morgan fingerprint density at radius 2 is 2.13 bits per heavy atom. The van der Waals surface area contributed by atoms with Gasteiger partial charge in [-0.1, -0.05) is 26.2 Å². The monoisotopic (exact) mass is 214 g/mol. The molecule has 2 fully saturated rings. The van der Waals surface area contributed by atoms with E-state index in [2.05, 4.69) is 6.92 Å². The van der Waals surface area contributed by atoms with Crippen molar-refractivity contribution >= 4 is 0 Å². The second kappa shape index (κ2) is 4.81. The fraction of sp³-hybridized carbons (Fsp3) is 1.00. The lowest BCUT2D eigenvalue weighted by atomic mass is 9.81. The van der Waals surface area contributed by atoms with E-state index in [4.69, 9.17) is 9.47 Å². The Morgan fingerprint density at radius 1 is 1.40 bits per heavy atom. The summed E-state index contributed by atoms with van der Waals surface area (Å²) >= 11 is 0. The van der Waals surface area contributed by atoms with E-state index in [0.29, 0.717) is 5.92 Å². The molecule has 1 aliphatic carbocycles. The molecule has 15 heavy (non-hydrogen) atoms. The molecule has 1 saturated heterocycles. The van der Waals surface area contributed by atoms with Crippen LogP contribution in [0.2, 0.25) is 0 Å². The molecule has 3 heteroatoms. The lowest BCUT2D eigenvalue weighted by molar-refractivity contribution is 0.00707. The predicted octanol–water partition coefficient (Wildman–Crippen LogP) is 1.94. The molecule has 2 aliphatic rings. The highest BCUT2D eigenvalue weighted by atomic mass is 16.8. The first kappa shape index (κ1) is 11.4. The topological polar surface area (TPSA) is 42.0 Å². The van der Waals surface area contributed by atoms with Gasteiger partial charge in [0.1, 0.15) is 6.10 Å². The fourth-order valence-corrected chi connectivity index (χ4v) is 2.44. The number of ether oxygens (including phenoxy) is 2. The summed E-state index contributed by atoms with van der Waals surface area (Å²) in [6.07, 6.45) is 4.70. The van der Waals surface area contributed by atoms with Crippen LogP contribution >= 0.6 is 0 Å². The molecular weight excluding hydrogens is 192 g/mol. The quantitative estimate of drug-likeness (QED) is 0.727. The number of epoxide rings is 1. The minimum atomic E-state index is -0.404.